The van der Waals surface area contributed by atoms with Crippen molar-refractivity contribution >= 4 is 39.1 Å². The highest BCUT2D eigenvalue weighted by molar-refractivity contribution is 9.10. The summed E-state index contributed by atoms with van der Waals surface area (Å²) in [6.45, 7) is 0. The highest BCUT2D eigenvalue weighted by Gasteiger charge is 2.04. The van der Waals surface area contributed by atoms with Gasteiger partial charge in [-0.2, -0.15) is 5.10 Å². The molecule has 0 amide bonds. The van der Waals surface area contributed by atoms with Crippen molar-refractivity contribution in [2.45, 2.75) is 0 Å². The zero-order valence-electron chi connectivity index (χ0n) is 11.0. The number of H-pyrrole nitrogens is 1. The summed E-state index contributed by atoms with van der Waals surface area (Å²) in [5.41, 5.74) is 5.00. The number of halogens is 1. The molecule has 0 saturated heterocycles. The Morgan fingerprint density at radius 3 is 3.10 bits per heavy atom. The summed E-state index contributed by atoms with van der Waals surface area (Å²) in [6.07, 6.45) is 4.65. The predicted octanol–water partition coefficient (Wildman–Crippen LogP) is 2.57. The van der Waals surface area contributed by atoms with Crippen molar-refractivity contribution < 1.29 is 4.74 Å². The van der Waals surface area contributed by atoms with Gasteiger partial charge < -0.3 is 9.72 Å². The quantitative estimate of drug-likeness (QED) is 0.559. The number of nitrogens with zero attached hydrogens (tertiary/aromatic N) is 4. The van der Waals surface area contributed by atoms with Gasteiger partial charge in [-0.1, -0.05) is 15.9 Å². The lowest BCUT2D eigenvalue weighted by molar-refractivity contribution is 0.414. The topological polar surface area (TPSA) is 88.1 Å². The van der Waals surface area contributed by atoms with Gasteiger partial charge in [0, 0.05) is 10.0 Å². The summed E-state index contributed by atoms with van der Waals surface area (Å²) in [4.78, 5) is 15.2. The van der Waals surface area contributed by atoms with Crippen molar-refractivity contribution in [3.63, 3.8) is 0 Å². The number of hydrogen-bond donors (Lipinski definition) is 2. The molecule has 0 saturated carbocycles. The van der Waals surface area contributed by atoms with Crippen LogP contribution in [0.4, 0.5) is 5.82 Å². The average molecular weight is 347 g/mol. The minimum Gasteiger partial charge on any atom is -0.496 e. The highest BCUT2D eigenvalue weighted by Crippen LogP contribution is 2.21. The summed E-state index contributed by atoms with van der Waals surface area (Å²) in [6, 6.07) is 5.68. The van der Waals surface area contributed by atoms with E-state index < -0.39 is 0 Å². The number of rotatable bonds is 4. The van der Waals surface area contributed by atoms with Gasteiger partial charge in [-0.3, -0.25) is 5.43 Å². The summed E-state index contributed by atoms with van der Waals surface area (Å²) >= 11 is 3.42. The fourth-order valence-corrected chi connectivity index (χ4v) is 2.20. The van der Waals surface area contributed by atoms with Crippen LogP contribution in [0.5, 0.6) is 5.75 Å². The third kappa shape index (κ3) is 2.84. The van der Waals surface area contributed by atoms with E-state index in [0.29, 0.717) is 17.0 Å². The van der Waals surface area contributed by atoms with Crippen LogP contribution in [0.15, 0.2) is 40.4 Å². The molecule has 106 valence electrons. The zero-order valence-corrected chi connectivity index (χ0v) is 12.6. The van der Waals surface area contributed by atoms with Gasteiger partial charge in [0.2, 0.25) is 0 Å². The first kappa shape index (κ1) is 13.5. The van der Waals surface area contributed by atoms with Crippen LogP contribution in [0.1, 0.15) is 5.56 Å². The molecule has 0 fully saturated rings. The molecule has 0 unspecified atom stereocenters. The number of benzene rings is 1. The maximum atomic E-state index is 5.28. The Kier molecular flexibility index (Phi) is 3.78. The van der Waals surface area contributed by atoms with E-state index in [1.165, 1.54) is 6.33 Å². The normalized spacial score (nSPS) is 11.1. The van der Waals surface area contributed by atoms with Crippen LogP contribution >= 0.6 is 15.9 Å². The Morgan fingerprint density at radius 2 is 2.24 bits per heavy atom. The van der Waals surface area contributed by atoms with Crippen molar-refractivity contribution in [3.8, 4) is 5.75 Å². The number of nitrogens with one attached hydrogen (secondary N) is 2. The Labute approximate surface area is 128 Å². The molecular weight excluding hydrogens is 336 g/mol. The molecule has 0 aliphatic rings. The number of anilines is 1. The molecule has 0 atom stereocenters. The zero-order chi connectivity index (χ0) is 14.7. The molecule has 1 aromatic carbocycles. The first-order valence-corrected chi connectivity index (χ1v) is 6.84. The third-order valence-corrected chi connectivity index (χ3v) is 3.28. The molecule has 3 rings (SSSR count). The van der Waals surface area contributed by atoms with Crippen molar-refractivity contribution in [2.75, 3.05) is 12.5 Å². The van der Waals surface area contributed by atoms with Crippen LogP contribution in [0.3, 0.4) is 0 Å². The van der Waals surface area contributed by atoms with Crippen molar-refractivity contribution in [1.29, 1.82) is 0 Å². The van der Waals surface area contributed by atoms with E-state index in [1.54, 1.807) is 19.7 Å². The number of aromatic nitrogens is 4. The number of hydrogen-bond acceptors (Lipinski definition) is 6. The maximum Gasteiger partial charge on any atom is 0.182 e. The Morgan fingerprint density at radius 1 is 1.33 bits per heavy atom. The molecule has 2 heterocycles. The molecule has 0 radical (unpaired) electrons. The van der Waals surface area contributed by atoms with Gasteiger partial charge in [-0.15, -0.1) is 0 Å². The average Bonchev–Trinajstić information content (AvgIpc) is 2.97. The van der Waals surface area contributed by atoms with Crippen LogP contribution in [0.25, 0.3) is 11.2 Å². The number of methoxy groups -OCH3 is 1. The van der Waals surface area contributed by atoms with E-state index in [-0.39, 0.29) is 0 Å². The predicted molar refractivity (Wildman–Crippen MR) is 83.6 cm³/mol. The number of fused-ring (bicyclic) bond motifs is 1. The lowest BCUT2D eigenvalue weighted by atomic mass is 10.2. The largest absolute Gasteiger partial charge is 0.496 e. The van der Waals surface area contributed by atoms with Gasteiger partial charge in [0.1, 0.15) is 17.6 Å². The van der Waals surface area contributed by atoms with E-state index in [9.17, 15) is 0 Å². The van der Waals surface area contributed by atoms with Gasteiger partial charge in [-0.05, 0) is 18.2 Å². The van der Waals surface area contributed by atoms with E-state index >= 15 is 0 Å². The van der Waals surface area contributed by atoms with Crippen LogP contribution in [0, 0.1) is 0 Å². The second-order valence-corrected chi connectivity index (χ2v) is 5.00. The Hall–Kier alpha value is -2.48. The van der Waals surface area contributed by atoms with E-state index in [0.717, 1.165) is 15.8 Å². The molecule has 2 aromatic heterocycles. The Bertz CT molecular complexity index is 800. The first-order valence-electron chi connectivity index (χ1n) is 6.04. The molecule has 0 aliphatic heterocycles. The number of imidazole rings is 1. The Balaban J connectivity index is 1.84. The van der Waals surface area contributed by atoms with Crippen LogP contribution in [0.2, 0.25) is 0 Å². The van der Waals surface area contributed by atoms with Gasteiger partial charge >= 0.3 is 0 Å². The van der Waals surface area contributed by atoms with Crippen molar-refractivity contribution in [2.24, 2.45) is 5.10 Å². The minimum absolute atomic E-state index is 0.558. The lowest BCUT2D eigenvalue weighted by Gasteiger charge is -2.04. The first-order chi connectivity index (χ1) is 10.3. The molecule has 0 aliphatic carbocycles. The number of ether oxygens (including phenoxy) is 1. The SMILES string of the molecule is COc1ccc(Br)cc1/C=N\Nc1ncnc2nc[nH]c12. The van der Waals surface area contributed by atoms with Crippen LogP contribution in [-0.4, -0.2) is 33.3 Å². The van der Waals surface area contributed by atoms with Gasteiger partial charge in [0.05, 0.1) is 19.7 Å². The third-order valence-electron chi connectivity index (χ3n) is 2.79. The molecule has 0 bridgehead atoms. The van der Waals surface area contributed by atoms with Gasteiger partial charge in [-0.25, -0.2) is 15.0 Å². The lowest BCUT2D eigenvalue weighted by Crippen LogP contribution is -1.97. The molecule has 8 heteroatoms. The molecule has 0 spiro atoms. The second-order valence-electron chi connectivity index (χ2n) is 4.08. The van der Waals surface area contributed by atoms with E-state index in [1.807, 2.05) is 18.2 Å². The molecule has 21 heavy (non-hydrogen) atoms. The standard InChI is InChI=1S/C13H11BrN6O/c1-21-10-3-2-9(14)4-8(10)5-19-20-13-11-12(16-6-15-11)17-7-18-13/h2-7H,1H3,(H2,15,16,17,18,20)/b19-5-. The smallest absolute Gasteiger partial charge is 0.182 e. The molecule has 3 aromatic rings. The summed E-state index contributed by atoms with van der Waals surface area (Å²) < 4.78 is 6.23. The van der Waals surface area contributed by atoms with Crippen molar-refractivity contribution in [1.82, 2.24) is 19.9 Å². The minimum atomic E-state index is 0.558. The van der Waals surface area contributed by atoms with E-state index in [4.69, 9.17) is 4.74 Å². The molecule has 2 N–H and O–H groups in total. The highest BCUT2D eigenvalue weighted by atomic mass is 79.9. The van der Waals surface area contributed by atoms with Gasteiger partial charge in [0.25, 0.3) is 0 Å². The maximum absolute atomic E-state index is 5.28. The molecular formula is C13H11BrN6O. The molecule has 7 nitrogen and oxygen atoms in total. The number of hydrazone groups is 1. The fourth-order valence-electron chi connectivity index (χ4n) is 1.82. The van der Waals surface area contributed by atoms with Crippen LogP contribution < -0.4 is 10.2 Å². The van der Waals surface area contributed by atoms with E-state index in [2.05, 4.69) is 46.4 Å². The van der Waals surface area contributed by atoms with Crippen LogP contribution in [-0.2, 0) is 0 Å². The summed E-state index contributed by atoms with van der Waals surface area (Å²) in [7, 11) is 1.62. The van der Waals surface area contributed by atoms with Gasteiger partial charge in [0.15, 0.2) is 11.5 Å². The van der Waals surface area contributed by atoms with Crippen molar-refractivity contribution in [3.05, 3.63) is 40.9 Å². The second kappa shape index (κ2) is 5.88. The summed E-state index contributed by atoms with van der Waals surface area (Å²) in [5.74, 6) is 1.29. The summed E-state index contributed by atoms with van der Waals surface area (Å²) in [5, 5.41) is 4.18. The number of aromatic amines is 1. The monoisotopic (exact) mass is 346 g/mol. The fraction of sp³-hybridized carbons (Fsp3) is 0.0769.